The number of aryl methyl sites for hydroxylation is 1. The summed E-state index contributed by atoms with van der Waals surface area (Å²) in [6, 6.07) is 12.3. The Labute approximate surface area is 169 Å². The minimum absolute atomic E-state index is 0.0959. The van der Waals surface area contributed by atoms with Gasteiger partial charge >= 0.3 is 5.97 Å². The molecule has 1 atom stereocenters. The van der Waals surface area contributed by atoms with Crippen LogP contribution in [0.25, 0.3) is 6.08 Å². The molecule has 0 unspecified atom stereocenters. The Kier molecular flexibility index (Phi) is 6.24. The largest absolute Gasteiger partial charge is 0.463 e. The molecule has 2 aromatic rings. The first kappa shape index (κ1) is 20.5. The number of carbonyl (C=O) groups is 3. The molecule has 2 amide bonds. The molecule has 0 saturated heterocycles. The van der Waals surface area contributed by atoms with Crippen LogP contribution in [-0.4, -0.2) is 47.0 Å². The topological polar surface area (TPSA) is 83.9 Å². The van der Waals surface area contributed by atoms with Crippen molar-refractivity contribution in [1.29, 1.82) is 0 Å². The van der Waals surface area contributed by atoms with Gasteiger partial charge in [-0.2, -0.15) is 0 Å². The number of amides is 2. The van der Waals surface area contributed by atoms with E-state index < -0.39 is 23.9 Å². The Morgan fingerprint density at radius 2 is 1.76 bits per heavy atom. The van der Waals surface area contributed by atoms with Crippen LogP contribution in [0.2, 0.25) is 0 Å². The number of fused-ring (bicyclic) bond motifs is 1. The number of imide groups is 1. The van der Waals surface area contributed by atoms with E-state index in [1.165, 1.54) is 6.08 Å². The summed E-state index contributed by atoms with van der Waals surface area (Å²) in [4.78, 5) is 37.7. The molecule has 6 nitrogen and oxygen atoms in total. The lowest BCUT2D eigenvalue weighted by Crippen LogP contribution is -2.37. The van der Waals surface area contributed by atoms with Crippen LogP contribution in [0.5, 0.6) is 0 Å². The third kappa shape index (κ3) is 4.43. The lowest BCUT2D eigenvalue weighted by Gasteiger charge is -2.19. The molecule has 0 bridgehead atoms. The third-order valence-corrected chi connectivity index (χ3v) is 4.81. The molecule has 2 aromatic carbocycles. The number of esters is 1. The van der Waals surface area contributed by atoms with E-state index in [1.807, 2.05) is 25.1 Å². The van der Waals surface area contributed by atoms with Crippen LogP contribution in [0.3, 0.4) is 0 Å². The zero-order valence-electron chi connectivity index (χ0n) is 16.4. The summed E-state index contributed by atoms with van der Waals surface area (Å²) in [7, 11) is 0. The van der Waals surface area contributed by atoms with Gasteiger partial charge in [0.25, 0.3) is 11.8 Å². The predicted octanol–water partition coefficient (Wildman–Crippen LogP) is 2.77. The van der Waals surface area contributed by atoms with E-state index in [0.29, 0.717) is 17.7 Å². The zero-order chi connectivity index (χ0) is 21.0. The van der Waals surface area contributed by atoms with Gasteiger partial charge in [0.15, 0.2) is 0 Å². The number of aliphatic hydroxyl groups excluding tert-OH is 1. The van der Waals surface area contributed by atoms with E-state index in [2.05, 4.69) is 0 Å². The molecule has 1 N–H and O–H groups in total. The SMILES string of the molecule is CCOC(=O)/C=C/c1c(C)cccc1C[C@@H](O)CN1C(=O)c2ccccc2C1=O. The van der Waals surface area contributed by atoms with Crippen molar-refractivity contribution in [3.05, 3.63) is 76.4 Å². The minimum Gasteiger partial charge on any atom is -0.463 e. The molecule has 0 spiro atoms. The Balaban J connectivity index is 1.74. The van der Waals surface area contributed by atoms with E-state index in [-0.39, 0.29) is 13.0 Å². The summed E-state index contributed by atoms with van der Waals surface area (Å²) < 4.78 is 4.91. The highest BCUT2D eigenvalue weighted by atomic mass is 16.5. The molecule has 0 radical (unpaired) electrons. The van der Waals surface area contributed by atoms with Crippen LogP contribution in [0, 0.1) is 6.92 Å². The van der Waals surface area contributed by atoms with Gasteiger partial charge in [0, 0.05) is 12.5 Å². The fourth-order valence-electron chi connectivity index (χ4n) is 3.43. The van der Waals surface area contributed by atoms with E-state index in [4.69, 9.17) is 4.74 Å². The summed E-state index contributed by atoms with van der Waals surface area (Å²) in [6.45, 7) is 3.84. The molecule has 1 aliphatic rings. The first-order chi connectivity index (χ1) is 13.9. The van der Waals surface area contributed by atoms with Crippen LogP contribution < -0.4 is 0 Å². The van der Waals surface area contributed by atoms with E-state index in [1.54, 1.807) is 37.3 Å². The number of nitrogens with zero attached hydrogens (tertiary/aromatic N) is 1. The van der Waals surface area contributed by atoms with Gasteiger partial charge in [-0.15, -0.1) is 0 Å². The Hall–Kier alpha value is -3.25. The smallest absolute Gasteiger partial charge is 0.330 e. The van der Waals surface area contributed by atoms with Gasteiger partial charge in [-0.3, -0.25) is 14.5 Å². The fraction of sp³-hybridized carbons (Fsp3) is 0.261. The molecular formula is C23H23NO5. The third-order valence-electron chi connectivity index (χ3n) is 4.81. The molecule has 29 heavy (non-hydrogen) atoms. The molecule has 1 heterocycles. The maximum absolute atomic E-state index is 12.5. The van der Waals surface area contributed by atoms with Gasteiger partial charge < -0.3 is 9.84 Å². The highest BCUT2D eigenvalue weighted by Crippen LogP contribution is 2.24. The van der Waals surface area contributed by atoms with Crippen LogP contribution in [0.1, 0.15) is 44.3 Å². The molecule has 0 aliphatic carbocycles. The van der Waals surface area contributed by atoms with Crippen LogP contribution in [-0.2, 0) is 16.0 Å². The summed E-state index contributed by atoms with van der Waals surface area (Å²) in [5.74, 6) is -1.22. The summed E-state index contributed by atoms with van der Waals surface area (Å²) in [5, 5.41) is 10.6. The lowest BCUT2D eigenvalue weighted by molar-refractivity contribution is -0.137. The van der Waals surface area contributed by atoms with E-state index >= 15 is 0 Å². The van der Waals surface area contributed by atoms with Gasteiger partial charge in [0.1, 0.15) is 0 Å². The maximum atomic E-state index is 12.5. The van der Waals surface area contributed by atoms with E-state index in [9.17, 15) is 19.5 Å². The van der Waals surface area contributed by atoms with Crippen molar-refractivity contribution >= 4 is 23.9 Å². The number of carbonyl (C=O) groups excluding carboxylic acids is 3. The van der Waals surface area contributed by atoms with Crippen molar-refractivity contribution in [2.45, 2.75) is 26.4 Å². The molecule has 6 heteroatoms. The Morgan fingerprint density at radius 1 is 1.10 bits per heavy atom. The fourth-order valence-corrected chi connectivity index (χ4v) is 3.43. The molecule has 150 valence electrons. The minimum atomic E-state index is -0.936. The molecule has 0 saturated carbocycles. The number of ether oxygens (including phenoxy) is 1. The highest BCUT2D eigenvalue weighted by molar-refractivity contribution is 6.21. The second-order valence-corrected chi connectivity index (χ2v) is 6.86. The Bertz CT molecular complexity index is 944. The van der Waals surface area contributed by atoms with E-state index in [0.717, 1.165) is 21.6 Å². The standard InChI is InChI=1S/C23H23NO5/c1-3-29-21(26)12-11-18-15(2)7-6-8-16(18)13-17(25)14-24-22(27)19-9-4-5-10-20(19)23(24)28/h4-12,17,25H,3,13-14H2,1-2H3/b12-11+/t17-/m1/s1. The normalized spacial score (nSPS) is 14.4. The summed E-state index contributed by atoms with van der Waals surface area (Å²) in [5.41, 5.74) is 3.28. The lowest BCUT2D eigenvalue weighted by atomic mass is 9.97. The number of hydrogen-bond donors (Lipinski definition) is 1. The molecule has 1 aliphatic heterocycles. The van der Waals surface area contributed by atoms with Crippen molar-refractivity contribution < 1.29 is 24.2 Å². The zero-order valence-corrected chi connectivity index (χ0v) is 16.4. The number of benzene rings is 2. The molecular weight excluding hydrogens is 370 g/mol. The molecule has 0 aromatic heterocycles. The summed E-state index contributed by atoms with van der Waals surface area (Å²) in [6.07, 6.45) is 2.31. The van der Waals surface area contributed by atoms with Gasteiger partial charge in [0.2, 0.25) is 0 Å². The van der Waals surface area contributed by atoms with Crippen LogP contribution >= 0.6 is 0 Å². The van der Waals surface area contributed by atoms with Crippen molar-refractivity contribution in [2.24, 2.45) is 0 Å². The number of aliphatic hydroxyl groups is 1. The average molecular weight is 393 g/mol. The first-order valence-electron chi connectivity index (χ1n) is 9.49. The summed E-state index contributed by atoms with van der Waals surface area (Å²) >= 11 is 0. The van der Waals surface area contributed by atoms with Crippen molar-refractivity contribution in [2.75, 3.05) is 13.2 Å². The molecule has 0 fully saturated rings. The highest BCUT2D eigenvalue weighted by Gasteiger charge is 2.36. The van der Waals surface area contributed by atoms with Crippen molar-refractivity contribution in [1.82, 2.24) is 4.90 Å². The van der Waals surface area contributed by atoms with Crippen LogP contribution in [0.4, 0.5) is 0 Å². The quantitative estimate of drug-likeness (QED) is 0.444. The van der Waals surface area contributed by atoms with Gasteiger partial charge in [-0.05, 0) is 48.7 Å². The predicted molar refractivity (Wildman–Crippen MR) is 108 cm³/mol. The second kappa shape index (κ2) is 8.84. The first-order valence-corrected chi connectivity index (χ1v) is 9.49. The maximum Gasteiger partial charge on any atom is 0.330 e. The van der Waals surface area contributed by atoms with Crippen LogP contribution in [0.15, 0.2) is 48.5 Å². The van der Waals surface area contributed by atoms with Crippen molar-refractivity contribution in [3.63, 3.8) is 0 Å². The van der Waals surface area contributed by atoms with Gasteiger partial charge in [-0.25, -0.2) is 4.79 Å². The number of hydrogen-bond acceptors (Lipinski definition) is 5. The van der Waals surface area contributed by atoms with Gasteiger partial charge in [-0.1, -0.05) is 30.3 Å². The number of β-amino-alcohol motifs (C(OH)–C–C–N with tert-alkyl or cyclic N) is 1. The Morgan fingerprint density at radius 3 is 2.38 bits per heavy atom. The number of rotatable bonds is 7. The molecule has 3 rings (SSSR count). The second-order valence-electron chi connectivity index (χ2n) is 6.86. The van der Waals surface area contributed by atoms with Crippen molar-refractivity contribution in [3.8, 4) is 0 Å². The van der Waals surface area contributed by atoms with Gasteiger partial charge in [0.05, 0.1) is 30.4 Å². The monoisotopic (exact) mass is 393 g/mol. The average Bonchev–Trinajstić information content (AvgIpc) is 2.93.